The van der Waals surface area contributed by atoms with Crippen molar-refractivity contribution in [2.75, 3.05) is 11.3 Å². The summed E-state index contributed by atoms with van der Waals surface area (Å²) >= 11 is 0. The quantitative estimate of drug-likeness (QED) is 0.765. The van der Waals surface area contributed by atoms with E-state index >= 15 is 0 Å². The average molecular weight is 315 g/mol. The third-order valence-corrected chi connectivity index (χ3v) is 4.12. The van der Waals surface area contributed by atoms with Gasteiger partial charge < -0.3 is 10.3 Å². The smallest absolute Gasteiger partial charge is 0.263 e. The van der Waals surface area contributed by atoms with E-state index in [2.05, 4.69) is 15.0 Å². The Kier molecular flexibility index (Phi) is 4.59. The minimum Gasteiger partial charge on any atom is -0.363 e. The Labute approximate surface area is 121 Å². The van der Waals surface area contributed by atoms with Gasteiger partial charge in [-0.15, -0.1) is 0 Å². The molecule has 3 N–H and O–H groups in total. The molecule has 1 aromatic carbocycles. The van der Waals surface area contributed by atoms with E-state index in [-0.39, 0.29) is 10.6 Å². The lowest BCUT2D eigenvalue weighted by Crippen LogP contribution is -2.13. The molecule has 0 saturated heterocycles. The fourth-order valence-electron chi connectivity index (χ4n) is 1.71. The molecule has 2 rings (SSSR count). The minimum absolute atomic E-state index is 0.0279. The molecule has 0 atom stereocenters. The third kappa shape index (κ3) is 3.79. The fourth-order valence-corrected chi connectivity index (χ4v) is 2.78. The number of H-pyrrole nitrogens is 1. The normalized spacial score (nSPS) is 11.6. The van der Waals surface area contributed by atoms with Gasteiger partial charge in [-0.05, 0) is 24.7 Å². The summed E-state index contributed by atoms with van der Waals surface area (Å²) in [4.78, 5) is 2.87. The zero-order valence-corrected chi connectivity index (χ0v) is 12.1. The lowest BCUT2D eigenvalue weighted by Gasteiger charge is -2.06. The zero-order valence-electron chi connectivity index (χ0n) is 11.3. The summed E-state index contributed by atoms with van der Waals surface area (Å²) in [5.41, 5.74) is 0.672. The van der Waals surface area contributed by atoms with Crippen molar-refractivity contribution in [3.05, 3.63) is 47.8 Å². The van der Waals surface area contributed by atoms with Gasteiger partial charge in [0.2, 0.25) is 0 Å². The molecule has 0 fully saturated rings. The monoisotopic (exact) mass is 315 g/mol. The van der Waals surface area contributed by atoms with E-state index in [1.165, 1.54) is 12.3 Å². The Bertz CT molecular complexity index is 729. The van der Waals surface area contributed by atoms with Gasteiger partial charge in [0.15, 0.2) is 11.6 Å². The first-order valence-corrected chi connectivity index (χ1v) is 7.76. The van der Waals surface area contributed by atoms with E-state index in [1.807, 2.05) is 6.92 Å². The average Bonchev–Trinajstić information content (AvgIpc) is 2.90. The van der Waals surface area contributed by atoms with E-state index in [9.17, 15) is 17.2 Å². The van der Waals surface area contributed by atoms with Crippen LogP contribution in [0.25, 0.3) is 0 Å². The molecule has 8 heteroatoms. The van der Waals surface area contributed by atoms with Gasteiger partial charge in [-0.25, -0.2) is 17.2 Å². The van der Waals surface area contributed by atoms with Gasteiger partial charge in [0, 0.05) is 24.5 Å². The highest BCUT2D eigenvalue weighted by atomic mass is 32.2. The number of aromatic nitrogens is 1. The number of nitrogens with one attached hydrogen (secondary N) is 3. The topological polar surface area (TPSA) is 74.0 Å². The van der Waals surface area contributed by atoms with Gasteiger partial charge in [-0.3, -0.25) is 4.72 Å². The SMILES string of the molecule is CCNCc1cc(S(=O)(=O)Nc2ccc(F)c(F)c2)c[nH]1. The van der Waals surface area contributed by atoms with E-state index in [4.69, 9.17) is 0 Å². The summed E-state index contributed by atoms with van der Waals surface area (Å²) in [6.07, 6.45) is 1.34. The molecule has 0 aliphatic carbocycles. The van der Waals surface area contributed by atoms with Gasteiger partial charge in [0.05, 0.1) is 5.69 Å². The van der Waals surface area contributed by atoms with Gasteiger partial charge in [-0.1, -0.05) is 6.92 Å². The Morgan fingerprint density at radius 1 is 1.19 bits per heavy atom. The van der Waals surface area contributed by atoms with E-state index < -0.39 is 21.7 Å². The second-order valence-corrected chi connectivity index (χ2v) is 6.06. The van der Waals surface area contributed by atoms with Crippen molar-refractivity contribution in [1.82, 2.24) is 10.3 Å². The van der Waals surface area contributed by atoms with Crippen molar-refractivity contribution in [1.29, 1.82) is 0 Å². The summed E-state index contributed by atoms with van der Waals surface area (Å²) in [5.74, 6) is -2.15. The maximum absolute atomic E-state index is 13.1. The molecular weight excluding hydrogens is 300 g/mol. The Morgan fingerprint density at radius 3 is 2.62 bits per heavy atom. The number of hydrogen-bond acceptors (Lipinski definition) is 3. The van der Waals surface area contributed by atoms with Crippen LogP contribution < -0.4 is 10.0 Å². The Balaban J connectivity index is 2.17. The van der Waals surface area contributed by atoms with Crippen molar-refractivity contribution in [3.8, 4) is 0 Å². The van der Waals surface area contributed by atoms with Gasteiger partial charge in [0.25, 0.3) is 10.0 Å². The Hall–Kier alpha value is -1.93. The van der Waals surface area contributed by atoms with Crippen molar-refractivity contribution in [2.45, 2.75) is 18.4 Å². The predicted molar refractivity (Wildman–Crippen MR) is 75.3 cm³/mol. The minimum atomic E-state index is -3.85. The molecule has 2 aromatic rings. The highest BCUT2D eigenvalue weighted by molar-refractivity contribution is 7.92. The van der Waals surface area contributed by atoms with Gasteiger partial charge in [0.1, 0.15) is 4.90 Å². The maximum Gasteiger partial charge on any atom is 0.263 e. The van der Waals surface area contributed by atoms with Crippen LogP contribution in [0.4, 0.5) is 14.5 Å². The number of sulfonamides is 1. The Morgan fingerprint density at radius 2 is 1.95 bits per heavy atom. The van der Waals surface area contributed by atoms with Crippen LogP contribution >= 0.6 is 0 Å². The highest BCUT2D eigenvalue weighted by Crippen LogP contribution is 2.19. The van der Waals surface area contributed by atoms with Crippen molar-refractivity contribution in [2.24, 2.45) is 0 Å². The molecule has 0 unspecified atom stereocenters. The molecule has 0 radical (unpaired) electrons. The number of rotatable bonds is 6. The van der Waals surface area contributed by atoms with Gasteiger partial charge >= 0.3 is 0 Å². The third-order valence-electron chi connectivity index (χ3n) is 2.76. The first kappa shape index (κ1) is 15.5. The molecule has 0 saturated carbocycles. The van der Waals surface area contributed by atoms with Crippen LogP contribution in [0.5, 0.6) is 0 Å². The zero-order chi connectivity index (χ0) is 15.5. The van der Waals surface area contributed by atoms with Crippen LogP contribution in [-0.2, 0) is 16.6 Å². The van der Waals surface area contributed by atoms with Crippen LogP contribution in [0.15, 0.2) is 35.4 Å². The van der Waals surface area contributed by atoms with Crippen LogP contribution in [0.3, 0.4) is 0 Å². The molecule has 0 bridgehead atoms. The largest absolute Gasteiger partial charge is 0.363 e. The number of anilines is 1. The molecule has 5 nitrogen and oxygen atoms in total. The molecule has 1 heterocycles. The molecule has 114 valence electrons. The number of halogens is 2. The molecule has 1 aromatic heterocycles. The van der Waals surface area contributed by atoms with Crippen molar-refractivity contribution >= 4 is 15.7 Å². The molecule has 0 amide bonds. The number of aromatic amines is 1. The van der Waals surface area contributed by atoms with Crippen LogP contribution in [0.1, 0.15) is 12.6 Å². The maximum atomic E-state index is 13.1. The summed E-state index contributed by atoms with van der Waals surface area (Å²) in [6, 6.07) is 4.28. The van der Waals surface area contributed by atoms with Crippen LogP contribution in [0, 0.1) is 11.6 Å². The highest BCUT2D eigenvalue weighted by Gasteiger charge is 2.17. The number of benzene rings is 1. The summed E-state index contributed by atoms with van der Waals surface area (Å²) in [7, 11) is -3.85. The number of hydrogen-bond donors (Lipinski definition) is 3. The summed E-state index contributed by atoms with van der Waals surface area (Å²) in [6.45, 7) is 3.20. The second kappa shape index (κ2) is 6.23. The fraction of sp³-hybridized carbons (Fsp3) is 0.231. The second-order valence-electron chi connectivity index (χ2n) is 4.38. The van der Waals surface area contributed by atoms with Crippen LogP contribution in [0.2, 0.25) is 0 Å². The standard InChI is InChI=1S/C13H15F2N3O2S/c1-2-16-7-10-5-11(8-17-10)21(19,20)18-9-3-4-12(14)13(15)6-9/h3-6,8,16-18H,2,7H2,1H3. The van der Waals surface area contributed by atoms with Crippen LogP contribution in [-0.4, -0.2) is 19.9 Å². The van der Waals surface area contributed by atoms with Crippen molar-refractivity contribution < 1.29 is 17.2 Å². The molecule has 0 aliphatic heterocycles. The predicted octanol–water partition coefficient (Wildman–Crippen LogP) is 2.20. The first-order valence-electron chi connectivity index (χ1n) is 6.28. The summed E-state index contributed by atoms with van der Waals surface area (Å²) < 4.78 is 52.3. The lowest BCUT2D eigenvalue weighted by atomic mass is 10.3. The molecular formula is C13H15F2N3O2S. The van der Waals surface area contributed by atoms with E-state index in [0.717, 1.165) is 24.7 Å². The van der Waals surface area contributed by atoms with E-state index in [0.29, 0.717) is 12.2 Å². The molecule has 0 aliphatic rings. The van der Waals surface area contributed by atoms with E-state index in [1.54, 1.807) is 0 Å². The van der Waals surface area contributed by atoms with Crippen molar-refractivity contribution in [3.63, 3.8) is 0 Å². The van der Waals surface area contributed by atoms with Gasteiger partial charge in [-0.2, -0.15) is 0 Å². The summed E-state index contributed by atoms with van der Waals surface area (Å²) in [5, 5.41) is 3.05. The molecule has 0 spiro atoms. The molecule has 21 heavy (non-hydrogen) atoms. The lowest BCUT2D eigenvalue weighted by molar-refractivity contribution is 0.509. The first-order chi connectivity index (χ1) is 9.92.